The highest BCUT2D eigenvalue weighted by Crippen LogP contribution is 2.38. The monoisotopic (exact) mass is 273 g/mol. The molecule has 0 spiro atoms. The van der Waals surface area contributed by atoms with Crippen LogP contribution in [-0.4, -0.2) is 15.9 Å². The van der Waals surface area contributed by atoms with Crippen LogP contribution in [0.1, 0.15) is 27.6 Å². The van der Waals surface area contributed by atoms with Gasteiger partial charge in [0.1, 0.15) is 5.69 Å². The maximum Gasteiger partial charge on any atom is 0.435 e. The van der Waals surface area contributed by atoms with Crippen LogP contribution in [0.25, 0.3) is 0 Å². The Hall–Kier alpha value is -1.87. The van der Waals surface area contributed by atoms with Gasteiger partial charge in [-0.05, 0) is 6.92 Å². The molecule has 10 heteroatoms. The normalized spacial score (nSPS) is 12.6. The number of nitrogens with zero attached hydrogens (tertiary/aromatic N) is 2. The minimum absolute atomic E-state index is 0.785. The van der Waals surface area contributed by atoms with E-state index in [9.17, 15) is 36.2 Å². The Morgan fingerprint density at radius 1 is 1.00 bits per heavy atom. The summed E-state index contributed by atoms with van der Waals surface area (Å²) >= 11 is 0. The first-order valence-electron chi connectivity index (χ1n) is 4.19. The maximum atomic E-state index is 12.3. The highest BCUT2D eigenvalue weighted by Gasteiger charge is 2.46. The Balaban J connectivity index is 3.64. The van der Waals surface area contributed by atoms with Crippen LogP contribution in [0.3, 0.4) is 0 Å². The number of aromatic nitrogens is 2. The Labute approximate surface area is 95.3 Å². The van der Waals surface area contributed by atoms with Crippen LogP contribution in [0, 0.1) is 6.92 Å². The quantitative estimate of drug-likeness (QED) is 0.721. The van der Waals surface area contributed by atoms with Crippen LogP contribution in [0.2, 0.25) is 0 Å². The topological polar surface area (TPSA) is 65.9 Å². The number of halogens is 6. The highest BCUT2D eigenvalue weighted by molar-refractivity contribution is 5.84. The lowest BCUT2D eigenvalue weighted by Crippen LogP contribution is -2.29. The third-order valence-electron chi connectivity index (χ3n) is 1.80. The van der Waals surface area contributed by atoms with Crippen molar-refractivity contribution < 1.29 is 36.2 Å². The number of aryl methyl sites for hydroxylation is 1. The SMILES string of the molecule is Cc1nc(C(F)(F)F)c(C(F)(F)F)nc1C(=O)[O-]. The summed E-state index contributed by atoms with van der Waals surface area (Å²) in [5, 5.41) is 10.4. The minimum Gasteiger partial charge on any atom is -0.543 e. The lowest BCUT2D eigenvalue weighted by Gasteiger charge is -2.16. The second-order valence-electron chi connectivity index (χ2n) is 3.14. The van der Waals surface area contributed by atoms with E-state index < -0.39 is 41.1 Å². The molecule has 0 unspecified atom stereocenters. The molecule has 0 radical (unpaired) electrons. The van der Waals surface area contributed by atoms with Crippen LogP contribution < -0.4 is 5.11 Å². The van der Waals surface area contributed by atoms with E-state index in [2.05, 4.69) is 9.97 Å². The van der Waals surface area contributed by atoms with Crippen molar-refractivity contribution in [3.8, 4) is 0 Å². The summed E-state index contributed by atoms with van der Waals surface area (Å²) in [6, 6.07) is 0. The van der Waals surface area contributed by atoms with E-state index in [1.807, 2.05) is 0 Å². The number of rotatable bonds is 1. The van der Waals surface area contributed by atoms with E-state index in [0.717, 1.165) is 6.92 Å². The average molecular weight is 273 g/mol. The fraction of sp³-hybridized carbons (Fsp3) is 0.375. The van der Waals surface area contributed by atoms with Gasteiger partial charge in [0.05, 0.1) is 11.7 Å². The first-order chi connectivity index (χ1) is 7.94. The largest absolute Gasteiger partial charge is 0.543 e. The molecular weight excluding hydrogens is 270 g/mol. The van der Waals surface area contributed by atoms with Gasteiger partial charge in [-0.3, -0.25) is 0 Å². The molecule has 4 nitrogen and oxygen atoms in total. The van der Waals surface area contributed by atoms with Crippen molar-refractivity contribution in [2.45, 2.75) is 19.3 Å². The lowest BCUT2D eigenvalue weighted by molar-refractivity contribution is -0.255. The predicted octanol–water partition coefficient (Wildman–Crippen LogP) is 1.19. The third-order valence-corrected chi connectivity index (χ3v) is 1.80. The molecule has 0 aliphatic rings. The van der Waals surface area contributed by atoms with Crippen LogP contribution in [0.5, 0.6) is 0 Å². The Morgan fingerprint density at radius 3 is 1.72 bits per heavy atom. The summed E-state index contributed by atoms with van der Waals surface area (Å²) in [5.41, 5.74) is -6.78. The van der Waals surface area contributed by atoms with Gasteiger partial charge in [-0.25, -0.2) is 9.97 Å². The summed E-state index contributed by atoms with van der Waals surface area (Å²) in [4.78, 5) is 15.4. The molecule has 0 amide bonds. The number of carbonyl (C=O) groups excluding carboxylic acids is 1. The van der Waals surface area contributed by atoms with Crippen molar-refractivity contribution >= 4 is 5.97 Å². The van der Waals surface area contributed by atoms with E-state index >= 15 is 0 Å². The molecule has 0 saturated carbocycles. The van der Waals surface area contributed by atoms with Crippen molar-refractivity contribution in [1.82, 2.24) is 9.97 Å². The van der Waals surface area contributed by atoms with Crippen LogP contribution in [-0.2, 0) is 12.4 Å². The number of hydrogen-bond donors (Lipinski definition) is 0. The molecule has 1 rings (SSSR count). The van der Waals surface area contributed by atoms with Gasteiger partial charge in [-0.2, -0.15) is 26.3 Å². The summed E-state index contributed by atoms with van der Waals surface area (Å²) in [6.07, 6.45) is -10.9. The fourth-order valence-electron chi connectivity index (χ4n) is 1.11. The molecule has 1 aromatic rings. The summed E-state index contributed by atoms with van der Waals surface area (Å²) < 4.78 is 74.0. The molecule has 0 bridgehead atoms. The maximum absolute atomic E-state index is 12.3. The third kappa shape index (κ3) is 2.68. The predicted molar refractivity (Wildman–Crippen MR) is 41.1 cm³/mol. The van der Waals surface area contributed by atoms with Gasteiger partial charge in [0.2, 0.25) is 0 Å². The van der Waals surface area contributed by atoms with Crippen molar-refractivity contribution in [3.63, 3.8) is 0 Å². The molecule has 0 aromatic carbocycles. The van der Waals surface area contributed by atoms with Gasteiger partial charge in [0.15, 0.2) is 11.4 Å². The zero-order chi connectivity index (χ0) is 14.3. The number of carbonyl (C=O) groups is 1. The van der Waals surface area contributed by atoms with Gasteiger partial charge in [0, 0.05) is 0 Å². The van der Waals surface area contributed by atoms with Crippen LogP contribution >= 0.6 is 0 Å². The molecular formula is C8H3F6N2O2-. The summed E-state index contributed by atoms with van der Waals surface area (Å²) in [5.74, 6) is -2.14. The molecule has 0 aliphatic heterocycles. The second-order valence-corrected chi connectivity index (χ2v) is 3.14. The zero-order valence-corrected chi connectivity index (χ0v) is 8.48. The zero-order valence-electron chi connectivity index (χ0n) is 8.48. The smallest absolute Gasteiger partial charge is 0.435 e. The van der Waals surface area contributed by atoms with Crippen LogP contribution in [0.15, 0.2) is 0 Å². The first-order valence-corrected chi connectivity index (χ1v) is 4.19. The van der Waals surface area contributed by atoms with Gasteiger partial charge in [-0.1, -0.05) is 0 Å². The number of aromatic carboxylic acids is 1. The lowest BCUT2D eigenvalue weighted by atomic mass is 10.2. The minimum atomic E-state index is -5.48. The Morgan fingerprint density at radius 2 is 1.39 bits per heavy atom. The van der Waals surface area contributed by atoms with Crippen molar-refractivity contribution in [3.05, 3.63) is 22.8 Å². The molecule has 0 aliphatic carbocycles. The van der Waals surface area contributed by atoms with E-state index in [4.69, 9.17) is 0 Å². The molecule has 1 heterocycles. The molecule has 0 saturated heterocycles. The van der Waals surface area contributed by atoms with Gasteiger partial charge in [-0.15, -0.1) is 0 Å². The average Bonchev–Trinajstić information content (AvgIpc) is 2.13. The number of carboxylic acid groups (broad SMARTS) is 1. The molecule has 0 atom stereocenters. The Bertz CT molecular complexity index is 494. The van der Waals surface area contributed by atoms with Crippen LogP contribution in [0.4, 0.5) is 26.3 Å². The molecule has 100 valence electrons. The van der Waals surface area contributed by atoms with Crippen molar-refractivity contribution in [2.24, 2.45) is 0 Å². The van der Waals surface area contributed by atoms with E-state index in [1.54, 1.807) is 0 Å². The Kier molecular flexibility index (Phi) is 3.24. The summed E-state index contributed by atoms with van der Waals surface area (Å²) in [6.45, 7) is 0.785. The van der Waals surface area contributed by atoms with Crippen molar-refractivity contribution in [2.75, 3.05) is 0 Å². The highest BCUT2D eigenvalue weighted by atomic mass is 19.4. The van der Waals surface area contributed by atoms with Crippen molar-refractivity contribution in [1.29, 1.82) is 0 Å². The summed E-state index contributed by atoms with van der Waals surface area (Å²) in [7, 11) is 0. The fourth-order valence-corrected chi connectivity index (χ4v) is 1.11. The first kappa shape index (κ1) is 14.2. The molecule has 0 N–H and O–H groups in total. The number of carboxylic acids is 1. The molecule has 1 aromatic heterocycles. The number of hydrogen-bond acceptors (Lipinski definition) is 4. The van der Waals surface area contributed by atoms with Gasteiger partial charge < -0.3 is 9.90 Å². The number of alkyl halides is 6. The molecule has 0 fully saturated rings. The van der Waals surface area contributed by atoms with E-state index in [-0.39, 0.29) is 0 Å². The van der Waals surface area contributed by atoms with E-state index in [1.165, 1.54) is 0 Å². The molecule has 18 heavy (non-hydrogen) atoms. The van der Waals surface area contributed by atoms with Gasteiger partial charge >= 0.3 is 12.4 Å². The van der Waals surface area contributed by atoms with Gasteiger partial charge in [0.25, 0.3) is 0 Å². The standard InChI is InChI=1S/C8H4F6N2O2/c1-2-3(6(17)18)16-5(8(12,13)14)4(15-2)7(9,10)11/h1H3,(H,17,18)/p-1. The van der Waals surface area contributed by atoms with E-state index in [0.29, 0.717) is 0 Å². The second kappa shape index (κ2) is 4.10.